The number of hydrogen-bond donors (Lipinski definition) is 1. The highest BCUT2D eigenvalue weighted by Crippen LogP contribution is 2.24. The predicted molar refractivity (Wildman–Crippen MR) is 108 cm³/mol. The Bertz CT molecular complexity index is 1130. The van der Waals surface area contributed by atoms with E-state index in [1.807, 2.05) is 0 Å². The van der Waals surface area contributed by atoms with E-state index in [9.17, 15) is 18.4 Å². The highest BCUT2D eigenvalue weighted by molar-refractivity contribution is 7.99. The fourth-order valence-electron chi connectivity index (χ4n) is 3.55. The largest absolute Gasteiger partial charge is 0.353 e. The summed E-state index contributed by atoms with van der Waals surface area (Å²) in [6, 6.07) is 9.92. The van der Waals surface area contributed by atoms with Gasteiger partial charge in [0.15, 0.2) is 5.16 Å². The number of aromatic nitrogens is 2. The lowest BCUT2D eigenvalue weighted by atomic mass is 10.2. The van der Waals surface area contributed by atoms with Crippen molar-refractivity contribution in [3.05, 3.63) is 64.5 Å². The number of amides is 1. The zero-order valence-corrected chi connectivity index (χ0v) is 16.3. The third-order valence-corrected chi connectivity index (χ3v) is 5.89. The molecule has 1 aromatic heterocycles. The van der Waals surface area contributed by atoms with Crippen molar-refractivity contribution in [2.45, 2.75) is 36.9 Å². The maximum atomic E-state index is 14.4. The molecule has 1 saturated carbocycles. The second kappa shape index (κ2) is 8.32. The van der Waals surface area contributed by atoms with Gasteiger partial charge in [-0.05, 0) is 37.1 Å². The molecule has 3 aromatic rings. The fraction of sp³-hybridized carbons (Fsp3) is 0.286. The molecule has 8 heteroatoms. The van der Waals surface area contributed by atoms with Crippen molar-refractivity contribution < 1.29 is 13.6 Å². The summed E-state index contributed by atoms with van der Waals surface area (Å²) in [7, 11) is 0. The Kier molecular flexibility index (Phi) is 5.62. The lowest BCUT2D eigenvalue weighted by Gasteiger charge is -2.15. The van der Waals surface area contributed by atoms with Crippen LogP contribution in [0, 0.1) is 11.6 Å². The summed E-state index contributed by atoms with van der Waals surface area (Å²) in [6.45, 7) is 0. The Morgan fingerprint density at radius 3 is 2.69 bits per heavy atom. The first-order valence-electron chi connectivity index (χ1n) is 9.42. The van der Waals surface area contributed by atoms with E-state index in [2.05, 4.69) is 10.3 Å². The maximum absolute atomic E-state index is 14.4. The molecule has 0 spiro atoms. The van der Waals surface area contributed by atoms with Crippen LogP contribution >= 0.6 is 11.8 Å². The monoisotopic (exact) mass is 415 g/mol. The molecule has 1 aliphatic carbocycles. The summed E-state index contributed by atoms with van der Waals surface area (Å²) in [5.41, 5.74) is -0.122. The van der Waals surface area contributed by atoms with Gasteiger partial charge in [0.2, 0.25) is 5.91 Å². The highest BCUT2D eigenvalue weighted by atomic mass is 32.2. The third kappa shape index (κ3) is 4.17. The van der Waals surface area contributed by atoms with Gasteiger partial charge in [0, 0.05) is 12.1 Å². The smallest absolute Gasteiger partial charge is 0.266 e. The van der Waals surface area contributed by atoms with Crippen LogP contribution in [0.2, 0.25) is 0 Å². The Morgan fingerprint density at radius 2 is 1.93 bits per heavy atom. The number of halogens is 2. The molecule has 0 unspecified atom stereocenters. The van der Waals surface area contributed by atoms with E-state index in [1.54, 1.807) is 24.3 Å². The number of carbonyl (C=O) groups excluding carboxylic acids is 1. The van der Waals surface area contributed by atoms with Gasteiger partial charge in [-0.25, -0.2) is 13.8 Å². The van der Waals surface area contributed by atoms with Gasteiger partial charge in [0.1, 0.15) is 11.6 Å². The molecule has 0 bridgehead atoms. The summed E-state index contributed by atoms with van der Waals surface area (Å²) < 4.78 is 28.9. The van der Waals surface area contributed by atoms with Gasteiger partial charge in [-0.3, -0.25) is 14.2 Å². The van der Waals surface area contributed by atoms with Gasteiger partial charge < -0.3 is 5.32 Å². The van der Waals surface area contributed by atoms with Crippen LogP contribution in [0.5, 0.6) is 0 Å². The minimum absolute atomic E-state index is 0.0457. The second-order valence-electron chi connectivity index (χ2n) is 6.99. The van der Waals surface area contributed by atoms with E-state index in [0.717, 1.165) is 54.1 Å². The van der Waals surface area contributed by atoms with Crippen LogP contribution in [0.3, 0.4) is 0 Å². The standard InChI is InChI=1S/C21H19F2N3O2S/c22-13-9-10-18(16(23)11-13)26-20(28)15-7-3-4-8-17(15)25-21(26)29-12-19(27)24-14-5-1-2-6-14/h3-4,7-11,14H,1-2,5-6,12H2,(H,24,27). The minimum Gasteiger partial charge on any atom is -0.353 e. The number of para-hydroxylation sites is 1. The summed E-state index contributed by atoms with van der Waals surface area (Å²) >= 11 is 1.05. The van der Waals surface area contributed by atoms with Crippen molar-refractivity contribution in [2.24, 2.45) is 0 Å². The number of nitrogens with zero attached hydrogens (tertiary/aromatic N) is 2. The molecule has 2 aromatic carbocycles. The van der Waals surface area contributed by atoms with Crippen LogP contribution in [-0.2, 0) is 4.79 Å². The Balaban J connectivity index is 1.71. The first-order valence-corrected chi connectivity index (χ1v) is 10.4. The Hall–Kier alpha value is -2.74. The SMILES string of the molecule is O=C(CSc1nc2ccccc2c(=O)n1-c1ccc(F)cc1F)NC1CCCC1. The van der Waals surface area contributed by atoms with Crippen molar-refractivity contribution in [1.82, 2.24) is 14.9 Å². The maximum Gasteiger partial charge on any atom is 0.266 e. The van der Waals surface area contributed by atoms with Gasteiger partial charge in [-0.2, -0.15) is 0 Å². The van der Waals surface area contributed by atoms with Gasteiger partial charge in [0.05, 0.1) is 22.3 Å². The quantitative estimate of drug-likeness (QED) is 0.508. The molecule has 1 amide bonds. The summed E-state index contributed by atoms with van der Waals surface area (Å²) in [5.74, 6) is -1.72. The number of fused-ring (bicyclic) bond motifs is 1. The number of carbonyl (C=O) groups is 1. The molecule has 0 atom stereocenters. The predicted octanol–water partition coefficient (Wildman–Crippen LogP) is 3.81. The number of rotatable bonds is 5. The summed E-state index contributed by atoms with van der Waals surface area (Å²) in [5, 5.41) is 3.48. The molecule has 4 rings (SSSR count). The molecule has 1 N–H and O–H groups in total. The van der Waals surface area contributed by atoms with E-state index in [1.165, 1.54) is 6.07 Å². The van der Waals surface area contributed by atoms with Crippen LogP contribution in [-0.4, -0.2) is 27.3 Å². The molecule has 0 radical (unpaired) electrons. The van der Waals surface area contributed by atoms with E-state index >= 15 is 0 Å². The van der Waals surface area contributed by atoms with E-state index < -0.39 is 17.2 Å². The van der Waals surface area contributed by atoms with Crippen molar-refractivity contribution in [3.8, 4) is 5.69 Å². The molecule has 1 heterocycles. The molecule has 0 saturated heterocycles. The highest BCUT2D eigenvalue weighted by Gasteiger charge is 2.20. The number of thioether (sulfide) groups is 1. The van der Waals surface area contributed by atoms with Crippen molar-refractivity contribution >= 4 is 28.6 Å². The first kappa shape index (κ1) is 19.6. The van der Waals surface area contributed by atoms with E-state index in [4.69, 9.17) is 0 Å². The fourth-order valence-corrected chi connectivity index (χ4v) is 4.37. The van der Waals surface area contributed by atoms with Gasteiger partial charge in [-0.1, -0.05) is 36.7 Å². The normalized spacial score (nSPS) is 14.4. The van der Waals surface area contributed by atoms with Gasteiger partial charge in [0.25, 0.3) is 5.56 Å². The number of benzene rings is 2. The average Bonchev–Trinajstić information content (AvgIpc) is 3.20. The molecule has 150 valence electrons. The topological polar surface area (TPSA) is 64.0 Å². The van der Waals surface area contributed by atoms with Crippen molar-refractivity contribution in [1.29, 1.82) is 0 Å². The zero-order chi connectivity index (χ0) is 20.4. The Labute approximate surface area is 170 Å². The number of hydrogen-bond acceptors (Lipinski definition) is 4. The lowest BCUT2D eigenvalue weighted by molar-refractivity contribution is -0.119. The van der Waals surface area contributed by atoms with Crippen LogP contribution in [0.4, 0.5) is 8.78 Å². The second-order valence-corrected chi connectivity index (χ2v) is 7.93. The molecule has 1 fully saturated rings. The van der Waals surface area contributed by atoms with Crippen LogP contribution in [0.15, 0.2) is 52.4 Å². The minimum atomic E-state index is -0.874. The molecule has 1 aliphatic rings. The van der Waals surface area contributed by atoms with E-state index in [0.29, 0.717) is 10.9 Å². The molecular weight excluding hydrogens is 396 g/mol. The van der Waals surface area contributed by atoms with Crippen molar-refractivity contribution in [3.63, 3.8) is 0 Å². The molecule has 29 heavy (non-hydrogen) atoms. The van der Waals surface area contributed by atoms with Crippen LogP contribution in [0.25, 0.3) is 16.6 Å². The van der Waals surface area contributed by atoms with Gasteiger partial charge in [-0.15, -0.1) is 0 Å². The van der Waals surface area contributed by atoms with Crippen LogP contribution < -0.4 is 10.9 Å². The third-order valence-electron chi connectivity index (χ3n) is 4.95. The molecule has 5 nitrogen and oxygen atoms in total. The molecule has 0 aliphatic heterocycles. The van der Waals surface area contributed by atoms with Crippen LogP contribution in [0.1, 0.15) is 25.7 Å². The lowest BCUT2D eigenvalue weighted by Crippen LogP contribution is -2.34. The zero-order valence-electron chi connectivity index (χ0n) is 15.5. The molecular formula is C21H19F2N3O2S. The summed E-state index contributed by atoms with van der Waals surface area (Å²) in [6.07, 6.45) is 4.15. The average molecular weight is 415 g/mol. The van der Waals surface area contributed by atoms with Gasteiger partial charge >= 0.3 is 0 Å². The van der Waals surface area contributed by atoms with E-state index in [-0.39, 0.29) is 28.5 Å². The van der Waals surface area contributed by atoms with Crippen molar-refractivity contribution in [2.75, 3.05) is 5.75 Å². The first-order chi connectivity index (χ1) is 14.0. The summed E-state index contributed by atoms with van der Waals surface area (Å²) in [4.78, 5) is 29.8. The Morgan fingerprint density at radius 1 is 1.17 bits per heavy atom. The number of nitrogens with one attached hydrogen (secondary N) is 1.